The number of alkyl halides is 1. The molecule has 0 saturated heterocycles. The summed E-state index contributed by atoms with van der Waals surface area (Å²) in [6, 6.07) is 0. The van der Waals surface area contributed by atoms with Gasteiger partial charge >= 0.3 is 64.7 Å². The molecule has 1 aliphatic rings. The first kappa shape index (κ1) is 15.9. The minimum Gasteiger partial charge on any atom is -1.00 e. The molecule has 1 aliphatic carbocycles. The molecule has 1 saturated carbocycles. The molecule has 9 heteroatoms. The molecule has 0 aromatic heterocycles. The van der Waals surface area contributed by atoms with Crippen LogP contribution >= 0.6 is 0 Å². The van der Waals surface area contributed by atoms with Crippen LogP contribution in [0.25, 0.3) is 0 Å². The Bertz CT molecular complexity index is 236. The Balaban J connectivity index is 0. The van der Waals surface area contributed by atoms with Crippen molar-refractivity contribution in [3.05, 3.63) is 0 Å². The predicted molar refractivity (Wildman–Crippen MR) is 39.6 cm³/mol. The van der Waals surface area contributed by atoms with Crippen molar-refractivity contribution >= 4 is 13.3 Å². The molecule has 0 aromatic carbocycles. The van der Waals surface area contributed by atoms with Crippen molar-refractivity contribution < 1.29 is 85.4 Å². The van der Waals surface area contributed by atoms with Crippen LogP contribution in [0.1, 0.15) is 21.2 Å². The van der Waals surface area contributed by atoms with Gasteiger partial charge in [-0.2, -0.15) is 9.72 Å². The Morgan fingerprint density at radius 3 is 2.47 bits per heavy atom. The monoisotopic (exact) mass is 252 g/mol. The van der Waals surface area contributed by atoms with Gasteiger partial charge in [0.05, 0.1) is 0 Å². The SMILES string of the molecule is CCC1CC1(F)C(=O)OB(OF)OF.[H-].[K+]. The van der Waals surface area contributed by atoms with Crippen molar-refractivity contribution in [3.8, 4) is 0 Å². The van der Waals surface area contributed by atoms with E-state index in [1.165, 1.54) is 0 Å². The third kappa shape index (κ3) is 3.69. The van der Waals surface area contributed by atoms with Crippen molar-refractivity contribution in [2.45, 2.75) is 25.4 Å². The maximum Gasteiger partial charge on any atom is 1.00 e. The van der Waals surface area contributed by atoms with Gasteiger partial charge < -0.3 is 6.08 Å². The van der Waals surface area contributed by atoms with Gasteiger partial charge in [-0.05, 0) is 12.8 Å². The van der Waals surface area contributed by atoms with Gasteiger partial charge in [-0.15, -0.1) is 0 Å². The fourth-order valence-corrected chi connectivity index (χ4v) is 1.25. The number of hydrogen-bond acceptors (Lipinski definition) is 4. The summed E-state index contributed by atoms with van der Waals surface area (Å²) in [5.74, 6) is -1.83. The maximum atomic E-state index is 13.4. The average molecular weight is 252 g/mol. The van der Waals surface area contributed by atoms with E-state index >= 15 is 0 Å². The van der Waals surface area contributed by atoms with Crippen LogP contribution in [-0.2, 0) is 19.2 Å². The first-order chi connectivity index (χ1) is 6.58. The molecule has 0 bridgehead atoms. The number of carbonyl (C=O) groups is 1. The van der Waals surface area contributed by atoms with Crippen LogP contribution in [0.3, 0.4) is 0 Å². The third-order valence-electron chi connectivity index (χ3n) is 2.21. The summed E-state index contributed by atoms with van der Waals surface area (Å²) in [6.45, 7) is 1.69. The van der Waals surface area contributed by atoms with Crippen molar-refractivity contribution in [1.29, 1.82) is 0 Å². The molecule has 0 radical (unpaired) electrons. The summed E-state index contributed by atoms with van der Waals surface area (Å²) < 4.78 is 39.9. The molecule has 0 aromatic rings. The maximum absolute atomic E-state index is 13.4. The molecule has 0 heterocycles. The second kappa shape index (κ2) is 6.58. The zero-order valence-electron chi connectivity index (χ0n) is 9.34. The Labute approximate surface area is 129 Å². The van der Waals surface area contributed by atoms with Gasteiger partial charge in [-0.25, -0.2) is 4.39 Å². The molecular formula is C6H9BF3KO4. The standard InChI is InChI=1S/C6H8BF3O4.K.H/c1-2-4-3-6(4,8)5(11)12-7(13-9)14-10;;/h4H,2-3H2,1H3;;/q;+1;-1. The van der Waals surface area contributed by atoms with Gasteiger partial charge in [0, 0.05) is 5.92 Å². The number of hydrogen-bond donors (Lipinski definition) is 0. The number of carbonyl (C=O) groups excluding carboxylic acids is 1. The first-order valence-corrected chi connectivity index (χ1v) is 4.03. The van der Waals surface area contributed by atoms with Crippen molar-refractivity contribution in [3.63, 3.8) is 0 Å². The van der Waals surface area contributed by atoms with E-state index in [2.05, 4.69) is 14.4 Å². The van der Waals surface area contributed by atoms with E-state index in [4.69, 9.17) is 0 Å². The zero-order valence-corrected chi connectivity index (χ0v) is 11.5. The Kier molecular flexibility index (Phi) is 6.96. The Hall–Kier alpha value is 0.881. The third-order valence-corrected chi connectivity index (χ3v) is 2.21. The molecule has 0 aliphatic heterocycles. The normalized spacial score (nSPS) is 27.9. The van der Waals surface area contributed by atoms with Gasteiger partial charge in [0.15, 0.2) is 0 Å². The molecule has 2 unspecified atom stereocenters. The smallest absolute Gasteiger partial charge is 1.00 e. The molecule has 0 N–H and O–H groups in total. The minimum absolute atomic E-state index is 0. The quantitative estimate of drug-likeness (QED) is 0.563. The number of rotatable bonds is 5. The topological polar surface area (TPSA) is 44.8 Å². The van der Waals surface area contributed by atoms with E-state index in [0.29, 0.717) is 6.42 Å². The molecule has 0 spiro atoms. The fraction of sp³-hybridized carbons (Fsp3) is 0.833. The minimum atomic E-state index is -2.45. The summed E-state index contributed by atoms with van der Waals surface area (Å²) >= 11 is 0. The Morgan fingerprint density at radius 2 is 2.13 bits per heavy atom. The molecule has 15 heavy (non-hydrogen) atoms. The van der Waals surface area contributed by atoms with E-state index in [1.807, 2.05) is 0 Å². The van der Waals surface area contributed by atoms with Crippen LogP contribution in [0.2, 0.25) is 0 Å². The zero-order chi connectivity index (χ0) is 10.8. The predicted octanol–water partition coefficient (Wildman–Crippen LogP) is -1.43. The van der Waals surface area contributed by atoms with Gasteiger partial charge in [-0.3, -0.25) is 4.79 Å². The molecule has 0 amide bonds. The van der Waals surface area contributed by atoms with Gasteiger partial charge in [0.2, 0.25) is 5.67 Å². The van der Waals surface area contributed by atoms with Crippen LogP contribution in [0.4, 0.5) is 13.4 Å². The van der Waals surface area contributed by atoms with Gasteiger partial charge in [0.1, 0.15) is 0 Å². The first-order valence-electron chi connectivity index (χ1n) is 4.03. The average Bonchev–Trinajstić information content (AvgIpc) is 2.87. The molecule has 2 atom stereocenters. The van der Waals surface area contributed by atoms with Crippen molar-refractivity contribution in [2.75, 3.05) is 0 Å². The second-order valence-corrected chi connectivity index (χ2v) is 3.04. The van der Waals surface area contributed by atoms with E-state index in [0.717, 1.165) is 0 Å². The second-order valence-electron chi connectivity index (χ2n) is 3.04. The fourth-order valence-electron chi connectivity index (χ4n) is 1.25. The molecule has 1 rings (SSSR count). The van der Waals surface area contributed by atoms with Crippen LogP contribution < -0.4 is 51.4 Å². The number of halogens is 3. The summed E-state index contributed by atoms with van der Waals surface area (Å²) in [7, 11) is -2.45. The largest absolute Gasteiger partial charge is 1.00 e. The molecule has 82 valence electrons. The molecular weight excluding hydrogens is 243 g/mol. The van der Waals surface area contributed by atoms with Crippen LogP contribution in [-0.4, -0.2) is 19.0 Å². The van der Waals surface area contributed by atoms with Crippen LogP contribution in [0.15, 0.2) is 0 Å². The summed E-state index contributed by atoms with van der Waals surface area (Å²) in [4.78, 5) is 16.4. The van der Waals surface area contributed by atoms with E-state index < -0.39 is 24.9 Å². The Morgan fingerprint density at radius 1 is 1.60 bits per heavy atom. The van der Waals surface area contributed by atoms with Gasteiger partial charge in [0.25, 0.3) is 0 Å². The van der Waals surface area contributed by atoms with Crippen LogP contribution in [0.5, 0.6) is 0 Å². The summed E-state index contributed by atoms with van der Waals surface area (Å²) in [5.41, 5.74) is -2.15. The van der Waals surface area contributed by atoms with Crippen molar-refractivity contribution in [1.82, 2.24) is 0 Å². The molecule has 4 nitrogen and oxygen atoms in total. The van der Waals surface area contributed by atoms with E-state index in [9.17, 15) is 18.2 Å². The van der Waals surface area contributed by atoms with E-state index in [-0.39, 0.29) is 59.2 Å². The molecule has 1 fully saturated rings. The summed E-state index contributed by atoms with van der Waals surface area (Å²) in [6.07, 6.45) is 0.441. The van der Waals surface area contributed by atoms with Crippen LogP contribution in [0, 0.1) is 5.92 Å². The van der Waals surface area contributed by atoms with E-state index in [1.54, 1.807) is 6.92 Å². The summed E-state index contributed by atoms with van der Waals surface area (Å²) in [5, 5.41) is 0. The van der Waals surface area contributed by atoms with Gasteiger partial charge in [-0.1, -0.05) is 16.0 Å². The van der Waals surface area contributed by atoms with Crippen molar-refractivity contribution in [2.24, 2.45) is 5.92 Å².